The van der Waals surface area contributed by atoms with Crippen molar-refractivity contribution in [3.05, 3.63) is 0 Å². The van der Waals surface area contributed by atoms with Crippen LogP contribution in [-0.4, -0.2) is 262 Å². The molecule has 16 N–H and O–H groups in total. The largest absolute Gasteiger partial charge is 0.394 e. The van der Waals surface area contributed by atoms with Crippen LogP contribution in [0.3, 0.4) is 0 Å². The van der Waals surface area contributed by atoms with Gasteiger partial charge in [-0.2, -0.15) is 0 Å². The smallest absolute Gasteiger partial charge is 0.217 e. The molecule has 5 rings (SSSR count). The van der Waals surface area contributed by atoms with Gasteiger partial charge in [0.2, 0.25) is 5.91 Å². The summed E-state index contributed by atoms with van der Waals surface area (Å²) in [7, 11) is 0. The van der Waals surface area contributed by atoms with Crippen LogP contribution >= 0.6 is 0 Å². The van der Waals surface area contributed by atoms with Gasteiger partial charge in [0, 0.05) is 6.92 Å². The van der Waals surface area contributed by atoms with E-state index in [1.54, 1.807) is 0 Å². The summed E-state index contributed by atoms with van der Waals surface area (Å²) in [5, 5.41) is 160. The SMILES string of the molecule is CC(=O)N[C@H]1[C@H](O[C@@H]2[C@@H](O)[C@H](O)O[C@H](CO)[C@@H]2O)O[C@H](CO)[C@H](O[C@@H]2O[C@H](CO)[C@H](O)[C@H](O[C@H]3O[C@H](CO)[C@H](O)[C@H](O)[C@H]3O)[C@H]2O[C@@H]2O[C@@H](C)[C@@H](O)[C@@H](O)[C@@H]2O)[C@@H]1O. The molecule has 0 aliphatic carbocycles. The Morgan fingerprint density at radius 1 is 0.448 bits per heavy atom. The van der Waals surface area contributed by atoms with Crippen molar-refractivity contribution in [3.8, 4) is 0 Å². The van der Waals surface area contributed by atoms with Crippen molar-refractivity contribution in [1.29, 1.82) is 0 Å². The fourth-order valence-corrected chi connectivity index (χ4v) is 7.34. The molecule has 26 heteroatoms. The van der Waals surface area contributed by atoms with Gasteiger partial charge in [-0.3, -0.25) is 4.79 Å². The summed E-state index contributed by atoms with van der Waals surface area (Å²) in [5.41, 5.74) is 0. The summed E-state index contributed by atoms with van der Waals surface area (Å²) in [4.78, 5) is 12.4. The quantitative estimate of drug-likeness (QED) is 0.0818. The topological polar surface area (TPSA) is 416 Å². The second-order valence-electron chi connectivity index (χ2n) is 14.7. The second kappa shape index (κ2) is 20.1. The van der Waals surface area contributed by atoms with Crippen LogP contribution in [0.2, 0.25) is 0 Å². The van der Waals surface area contributed by atoms with Gasteiger partial charge < -0.3 is 125 Å². The van der Waals surface area contributed by atoms with Crippen LogP contribution in [0.15, 0.2) is 0 Å². The van der Waals surface area contributed by atoms with Gasteiger partial charge in [-0.25, -0.2) is 0 Å². The van der Waals surface area contributed by atoms with Crippen molar-refractivity contribution < 1.29 is 124 Å². The number of nitrogens with one attached hydrogen (secondary N) is 1. The molecule has 25 atom stereocenters. The Hall–Kier alpha value is -1.49. The molecule has 0 radical (unpaired) electrons. The molecule has 5 aliphatic heterocycles. The number of aliphatic hydroxyl groups excluding tert-OH is 15. The third kappa shape index (κ3) is 9.75. The molecular formula is C32H55NO25. The Morgan fingerprint density at radius 2 is 0.897 bits per heavy atom. The van der Waals surface area contributed by atoms with Crippen LogP contribution in [0, 0.1) is 0 Å². The maximum Gasteiger partial charge on any atom is 0.217 e. The third-order valence-corrected chi connectivity index (χ3v) is 10.7. The standard InChI is InChI=1S/C32H55NO25/c1-7-14(39)19(44)21(46)30(50-7)58-27-26(57-31-22(47)20(45)15(40)9(3-34)52-31)17(42)11(5-36)53-32(27)55-24-12(6-37)54-29(13(18(24)43)33-8(2)38)56-25-16(41)10(4-35)51-28(49)23(25)48/h7,9-32,34-37,39-49H,3-6H2,1-2H3,(H,33,38)/t7-,9+,10+,11+,12+,13+,14+,15-,16-,17-,18+,19+,20-,21-,22+,23+,24-,25-,26-,27+,28+,29-,30-,31+,32-/m0/s1. The first-order valence-electron chi connectivity index (χ1n) is 18.5. The summed E-state index contributed by atoms with van der Waals surface area (Å²) in [6, 6.07) is -1.69. The molecule has 26 nitrogen and oxygen atoms in total. The molecule has 0 bridgehead atoms. The number of rotatable bonds is 13. The Morgan fingerprint density at radius 3 is 1.48 bits per heavy atom. The fraction of sp³-hybridized carbons (Fsp3) is 0.969. The Labute approximate surface area is 329 Å². The minimum Gasteiger partial charge on any atom is -0.394 e. The van der Waals surface area contributed by atoms with Crippen LogP contribution in [0.25, 0.3) is 0 Å². The Bertz CT molecular complexity index is 1310. The van der Waals surface area contributed by atoms with E-state index in [0.717, 1.165) is 6.92 Å². The minimum absolute atomic E-state index is 0.798. The maximum atomic E-state index is 12.4. The average Bonchev–Trinajstić information content (AvgIpc) is 3.19. The van der Waals surface area contributed by atoms with E-state index in [-0.39, 0.29) is 0 Å². The lowest BCUT2D eigenvalue weighted by atomic mass is 9.94. The van der Waals surface area contributed by atoms with E-state index in [2.05, 4.69) is 5.32 Å². The van der Waals surface area contributed by atoms with Crippen molar-refractivity contribution >= 4 is 5.91 Å². The van der Waals surface area contributed by atoms with Crippen LogP contribution in [0.5, 0.6) is 0 Å². The normalized spacial score (nSPS) is 51.6. The highest BCUT2D eigenvalue weighted by atomic mass is 16.8. The van der Waals surface area contributed by atoms with Gasteiger partial charge in [0.15, 0.2) is 31.5 Å². The lowest BCUT2D eigenvalue weighted by molar-refractivity contribution is -0.404. The zero-order valence-electron chi connectivity index (χ0n) is 31.1. The molecule has 0 unspecified atom stereocenters. The summed E-state index contributed by atoms with van der Waals surface area (Å²) < 4.78 is 51.3. The van der Waals surface area contributed by atoms with Gasteiger partial charge in [0.05, 0.1) is 32.5 Å². The van der Waals surface area contributed by atoms with E-state index in [0.29, 0.717) is 0 Å². The number of carbonyl (C=O) groups is 1. The molecule has 0 aromatic carbocycles. The number of aliphatic hydroxyl groups is 15. The van der Waals surface area contributed by atoms with E-state index in [4.69, 9.17) is 42.6 Å². The van der Waals surface area contributed by atoms with E-state index >= 15 is 0 Å². The summed E-state index contributed by atoms with van der Waals surface area (Å²) >= 11 is 0. The van der Waals surface area contributed by atoms with Crippen molar-refractivity contribution in [2.45, 2.75) is 167 Å². The van der Waals surface area contributed by atoms with Gasteiger partial charge >= 0.3 is 0 Å². The number of carbonyl (C=O) groups excluding carboxylic acids is 1. The molecule has 58 heavy (non-hydrogen) atoms. The summed E-state index contributed by atoms with van der Waals surface area (Å²) in [6.07, 6.45) is -43.9. The molecular weight excluding hydrogens is 798 g/mol. The molecule has 0 spiro atoms. The number of hydrogen-bond acceptors (Lipinski definition) is 25. The van der Waals surface area contributed by atoms with Crippen molar-refractivity contribution in [3.63, 3.8) is 0 Å². The molecule has 0 aromatic heterocycles. The Balaban J connectivity index is 1.49. The van der Waals surface area contributed by atoms with Crippen LogP contribution in [0.4, 0.5) is 0 Å². The number of amides is 1. The van der Waals surface area contributed by atoms with E-state index in [9.17, 15) is 81.4 Å². The lowest BCUT2D eigenvalue weighted by Crippen LogP contribution is -2.70. The third-order valence-electron chi connectivity index (χ3n) is 10.7. The summed E-state index contributed by atoms with van der Waals surface area (Å²) in [5.74, 6) is -0.798. The molecule has 0 saturated carbocycles. The molecule has 338 valence electrons. The number of hydrogen-bond donors (Lipinski definition) is 16. The summed E-state index contributed by atoms with van der Waals surface area (Å²) in [6.45, 7) is -1.36. The van der Waals surface area contributed by atoms with Crippen LogP contribution in [0.1, 0.15) is 13.8 Å². The molecule has 0 aromatic rings. The van der Waals surface area contributed by atoms with Gasteiger partial charge in [-0.05, 0) is 6.92 Å². The zero-order valence-corrected chi connectivity index (χ0v) is 31.1. The lowest BCUT2D eigenvalue weighted by Gasteiger charge is -2.51. The molecule has 1 amide bonds. The highest BCUT2D eigenvalue weighted by Crippen LogP contribution is 2.37. The maximum absolute atomic E-state index is 12.4. The first-order valence-corrected chi connectivity index (χ1v) is 18.5. The van der Waals surface area contributed by atoms with Gasteiger partial charge in [0.25, 0.3) is 0 Å². The monoisotopic (exact) mass is 853 g/mol. The van der Waals surface area contributed by atoms with Crippen LogP contribution in [-0.2, 0) is 47.4 Å². The number of ether oxygens (including phenoxy) is 9. The second-order valence-corrected chi connectivity index (χ2v) is 14.7. The predicted octanol–water partition coefficient (Wildman–Crippen LogP) is -10.8. The molecule has 5 fully saturated rings. The average molecular weight is 854 g/mol. The van der Waals surface area contributed by atoms with E-state index < -0.39 is 186 Å². The highest BCUT2D eigenvalue weighted by Gasteiger charge is 2.57. The molecule has 5 saturated heterocycles. The first-order chi connectivity index (χ1) is 27.4. The van der Waals surface area contributed by atoms with Gasteiger partial charge in [-0.15, -0.1) is 0 Å². The highest BCUT2D eigenvalue weighted by molar-refractivity contribution is 5.73. The molecule has 5 aliphatic rings. The zero-order chi connectivity index (χ0) is 42.9. The van der Waals surface area contributed by atoms with E-state index in [1.165, 1.54) is 6.92 Å². The van der Waals surface area contributed by atoms with E-state index in [1.807, 2.05) is 0 Å². The van der Waals surface area contributed by atoms with Crippen molar-refractivity contribution in [2.24, 2.45) is 0 Å². The first kappa shape index (κ1) is 47.6. The van der Waals surface area contributed by atoms with Gasteiger partial charge in [0.1, 0.15) is 116 Å². The van der Waals surface area contributed by atoms with Crippen LogP contribution < -0.4 is 5.32 Å². The minimum atomic E-state index is -2.06. The van der Waals surface area contributed by atoms with Crippen molar-refractivity contribution in [1.82, 2.24) is 5.32 Å². The predicted molar refractivity (Wildman–Crippen MR) is 177 cm³/mol. The molecule has 5 heterocycles. The van der Waals surface area contributed by atoms with Crippen molar-refractivity contribution in [2.75, 3.05) is 26.4 Å². The fourth-order valence-electron chi connectivity index (χ4n) is 7.34. The Kier molecular flexibility index (Phi) is 16.5. The van der Waals surface area contributed by atoms with Gasteiger partial charge in [-0.1, -0.05) is 0 Å².